The van der Waals surface area contributed by atoms with Gasteiger partial charge in [0.25, 0.3) is 5.91 Å². The van der Waals surface area contributed by atoms with Crippen LogP contribution in [0.15, 0.2) is 110 Å². The third-order valence-electron chi connectivity index (χ3n) is 6.17. The molecule has 0 spiro atoms. The average Bonchev–Trinajstić information content (AvgIpc) is 2.96. The maximum Gasteiger partial charge on any atom is 0.265 e. The second-order valence-corrected chi connectivity index (χ2v) is 8.64. The van der Waals surface area contributed by atoms with Gasteiger partial charge in [0.2, 0.25) is 5.95 Å². The van der Waals surface area contributed by atoms with Crippen LogP contribution in [0.1, 0.15) is 6.99 Å². The SMILES string of the molecule is O=C1COc2ccc(-c3ccnc(Nc4cccc(-c5ccccc5)c4)n3)cc2N1Cc1ccncc1.[HH]. The lowest BCUT2D eigenvalue weighted by molar-refractivity contribution is -0.121. The molecule has 1 N–H and O–H groups in total. The highest BCUT2D eigenvalue weighted by atomic mass is 16.5. The van der Waals surface area contributed by atoms with Crippen LogP contribution in [0, 0.1) is 0 Å². The lowest BCUT2D eigenvalue weighted by Crippen LogP contribution is -2.38. The van der Waals surface area contributed by atoms with Gasteiger partial charge in [-0.05, 0) is 65.2 Å². The number of anilines is 3. The Bertz CT molecular complexity index is 1560. The molecule has 1 amide bonds. The number of ether oxygens (including phenoxy) is 1. The third-order valence-corrected chi connectivity index (χ3v) is 6.17. The van der Waals surface area contributed by atoms with Gasteiger partial charge in [-0.3, -0.25) is 9.78 Å². The zero-order chi connectivity index (χ0) is 25.0. The molecule has 0 radical (unpaired) electrons. The van der Waals surface area contributed by atoms with Gasteiger partial charge in [0, 0.05) is 31.3 Å². The Kier molecular flexibility index (Phi) is 6.01. The highest BCUT2D eigenvalue weighted by Gasteiger charge is 2.26. The molecule has 3 aromatic carbocycles. The smallest absolute Gasteiger partial charge is 0.265 e. The van der Waals surface area contributed by atoms with Crippen molar-refractivity contribution in [2.24, 2.45) is 0 Å². The molecule has 0 aliphatic carbocycles. The van der Waals surface area contributed by atoms with Gasteiger partial charge < -0.3 is 15.0 Å². The number of fused-ring (bicyclic) bond motifs is 1. The molecule has 1 aliphatic heterocycles. The molecular formula is C30H25N5O2. The molecule has 3 heterocycles. The highest BCUT2D eigenvalue weighted by molar-refractivity contribution is 5.98. The Hall–Kier alpha value is -5.04. The van der Waals surface area contributed by atoms with Crippen LogP contribution >= 0.6 is 0 Å². The summed E-state index contributed by atoms with van der Waals surface area (Å²) in [5.41, 5.74) is 6.45. The summed E-state index contributed by atoms with van der Waals surface area (Å²) in [6.45, 7) is 0.455. The van der Waals surface area contributed by atoms with Crippen molar-refractivity contribution >= 4 is 23.2 Å². The van der Waals surface area contributed by atoms with Crippen molar-refractivity contribution in [2.45, 2.75) is 6.54 Å². The van der Waals surface area contributed by atoms with Crippen LogP contribution in [0.3, 0.4) is 0 Å². The zero-order valence-corrected chi connectivity index (χ0v) is 19.9. The Balaban J connectivity index is 0.00000294. The molecule has 5 aromatic rings. The monoisotopic (exact) mass is 487 g/mol. The van der Waals surface area contributed by atoms with E-state index >= 15 is 0 Å². The number of aromatic nitrogens is 3. The van der Waals surface area contributed by atoms with Crippen LogP contribution in [0.5, 0.6) is 5.75 Å². The summed E-state index contributed by atoms with van der Waals surface area (Å²) < 4.78 is 5.70. The first-order valence-corrected chi connectivity index (χ1v) is 11.9. The molecule has 0 bridgehead atoms. The zero-order valence-electron chi connectivity index (χ0n) is 19.9. The average molecular weight is 488 g/mol. The summed E-state index contributed by atoms with van der Waals surface area (Å²) in [5, 5.41) is 3.32. The standard InChI is InChI=1S/C30H23N5O2.H2/c36-29-20-37-28-10-9-24(18-27(28)35(29)19-21-11-14-31-15-12-21)26-13-16-32-30(34-26)33-25-8-4-7-23(17-25)22-5-2-1-3-6-22;/h1-18H,19-20H2,(H,32,33,34);1H. The molecule has 182 valence electrons. The third kappa shape index (κ3) is 4.88. The minimum atomic E-state index is -0.0928. The maximum atomic E-state index is 12.7. The maximum absolute atomic E-state index is 12.7. The van der Waals surface area contributed by atoms with Gasteiger partial charge in [0.1, 0.15) is 5.75 Å². The Labute approximate surface area is 215 Å². The molecule has 0 saturated carbocycles. The second-order valence-electron chi connectivity index (χ2n) is 8.64. The number of nitrogens with one attached hydrogen (secondary N) is 1. The molecule has 6 rings (SSSR count). The lowest BCUT2D eigenvalue weighted by Gasteiger charge is -2.30. The van der Waals surface area contributed by atoms with E-state index in [4.69, 9.17) is 9.72 Å². The Morgan fingerprint density at radius 1 is 0.838 bits per heavy atom. The normalized spacial score (nSPS) is 12.5. The van der Waals surface area contributed by atoms with Crippen LogP contribution in [-0.4, -0.2) is 27.5 Å². The van der Waals surface area contributed by atoms with E-state index in [0.717, 1.165) is 33.6 Å². The molecule has 1 aliphatic rings. The minimum Gasteiger partial charge on any atom is -0.482 e. The van der Waals surface area contributed by atoms with Crippen LogP contribution in [0.2, 0.25) is 0 Å². The largest absolute Gasteiger partial charge is 0.482 e. The summed E-state index contributed by atoms with van der Waals surface area (Å²) in [6.07, 6.45) is 5.17. The fourth-order valence-electron chi connectivity index (χ4n) is 4.32. The topological polar surface area (TPSA) is 80.2 Å². The number of carbonyl (C=O) groups excluding carboxylic acids is 1. The van der Waals surface area contributed by atoms with Crippen LogP contribution in [0.4, 0.5) is 17.3 Å². The van der Waals surface area contributed by atoms with Crippen molar-refractivity contribution in [1.82, 2.24) is 15.0 Å². The van der Waals surface area contributed by atoms with Gasteiger partial charge in [0.05, 0.1) is 17.9 Å². The van der Waals surface area contributed by atoms with E-state index in [-0.39, 0.29) is 13.9 Å². The number of amides is 1. The van der Waals surface area contributed by atoms with E-state index in [1.165, 1.54) is 0 Å². The quantitative estimate of drug-likeness (QED) is 0.311. The van der Waals surface area contributed by atoms with Gasteiger partial charge in [-0.1, -0.05) is 42.5 Å². The van der Waals surface area contributed by atoms with E-state index in [2.05, 4.69) is 39.6 Å². The molecular weight excluding hydrogens is 462 g/mol. The van der Waals surface area contributed by atoms with Crippen molar-refractivity contribution in [3.63, 3.8) is 0 Å². The van der Waals surface area contributed by atoms with Gasteiger partial charge >= 0.3 is 0 Å². The highest BCUT2D eigenvalue weighted by Crippen LogP contribution is 2.36. The number of rotatable bonds is 6. The molecule has 7 heteroatoms. The predicted octanol–water partition coefficient (Wildman–Crippen LogP) is 6.12. The summed E-state index contributed by atoms with van der Waals surface area (Å²) in [7, 11) is 0. The van der Waals surface area contributed by atoms with E-state index < -0.39 is 0 Å². The van der Waals surface area contributed by atoms with Gasteiger partial charge in [0.15, 0.2) is 6.61 Å². The van der Waals surface area contributed by atoms with Gasteiger partial charge in [-0.15, -0.1) is 0 Å². The molecule has 0 fully saturated rings. The lowest BCUT2D eigenvalue weighted by atomic mass is 10.1. The van der Waals surface area contributed by atoms with Crippen molar-refractivity contribution < 1.29 is 11.0 Å². The van der Waals surface area contributed by atoms with E-state index in [0.29, 0.717) is 23.9 Å². The van der Waals surface area contributed by atoms with Crippen LogP contribution in [0.25, 0.3) is 22.4 Å². The van der Waals surface area contributed by atoms with Crippen LogP contribution < -0.4 is 15.0 Å². The number of pyridine rings is 1. The predicted molar refractivity (Wildman–Crippen MR) is 146 cm³/mol. The van der Waals surface area contributed by atoms with Crippen molar-refractivity contribution in [3.8, 4) is 28.1 Å². The van der Waals surface area contributed by atoms with E-state index in [1.54, 1.807) is 23.5 Å². The number of benzene rings is 3. The number of nitrogens with zero attached hydrogens (tertiary/aromatic N) is 4. The first-order valence-electron chi connectivity index (χ1n) is 11.9. The first kappa shape index (κ1) is 22.4. The van der Waals surface area contributed by atoms with Crippen molar-refractivity contribution in [1.29, 1.82) is 0 Å². The fourth-order valence-corrected chi connectivity index (χ4v) is 4.32. The molecule has 0 unspecified atom stereocenters. The van der Waals surface area contributed by atoms with E-state index in [1.807, 2.05) is 66.7 Å². The summed E-state index contributed by atoms with van der Waals surface area (Å²) in [4.78, 5) is 27.7. The van der Waals surface area contributed by atoms with Crippen molar-refractivity contribution in [2.75, 3.05) is 16.8 Å². The summed E-state index contributed by atoms with van der Waals surface area (Å²) >= 11 is 0. The molecule has 7 nitrogen and oxygen atoms in total. The number of hydrogen-bond acceptors (Lipinski definition) is 6. The second kappa shape index (κ2) is 9.91. The van der Waals surface area contributed by atoms with Gasteiger partial charge in [-0.2, -0.15) is 0 Å². The van der Waals surface area contributed by atoms with Crippen molar-refractivity contribution in [3.05, 3.63) is 115 Å². The molecule has 0 atom stereocenters. The first-order chi connectivity index (χ1) is 18.2. The Morgan fingerprint density at radius 2 is 1.68 bits per heavy atom. The summed E-state index contributed by atoms with van der Waals surface area (Å²) in [6, 6.07) is 29.8. The fraction of sp³-hybridized carbons (Fsp3) is 0.0667. The minimum absolute atomic E-state index is 0. The van der Waals surface area contributed by atoms with Gasteiger partial charge in [-0.25, -0.2) is 9.97 Å². The Morgan fingerprint density at radius 3 is 2.54 bits per heavy atom. The number of carbonyl (C=O) groups is 1. The molecule has 0 saturated heterocycles. The van der Waals surface area contributed by atoms with E-state index in [9.17, 15) is 4.79 Å². The molecule has 37 heavy (non-hydrogen) atoms. The number of hydrogen-bond donors (Lipinski definition) is 1. The summed E-state index contributed by atoms with van der Waals surface area (Å²) in [5.74, 6) is 1.06. The van der Waals surface area contributed by atoms with Crippen LogP contribution in [-0.2, 0) is 11.3 Å². The molecule has 2 aromatic heterocycles.